The first kappa shape index (κ1) is 22.1. The highest BCUT2D eigenvalue weighted by atomic mass is 32.2. The summed E-state index contributed by atoms with van der Waals surface area (Å²) in [6.07, 6.45) is 3.42. The molecule has 7 nitrogen and oxygen atoms in total. The standard InChI is InChI=1S/C24H26N4O3S/c25-21(29)12-2-1-7-14-28-23(31)18-9-4-5-10-19(18)26-24(28)32-16-22(30)27-15-13-17-8-3-6-11-20(17)27/h3-6,8-11H,1-2,7,12-16H2,(H2,25,29). The van der Waals surface area contributed by atoms with E-state index in [1.54, 1.807) is 10.6 Å². The quantitative estimate of drug-likeness (QED) is 0.307. The van der Waals surface area contributed by atoms with Gasteiger partial charge in [-0.1, -0.05) is 48.5 Å². The number of primary amides is 1. The molecular weight excluding hydrogens is 424 g/mol. The van der Waals surface area contributed by atoms with Gasteiger partial charge in [-0.3, -0.25) is 19.0 Å². The molecule has 0 aliphatic carbocycles. The molecule has 32 heavy (non-hydrogen) atoms. The molecule has 8 heteroatoms. The van der Waals surface area contributed by atoms with E-state index in [1.165, 1.54) is 17.3 Å². The second kappa shape index (κ2) is 9.99. The van der Waals surface area contributed by atoms with Crippen LogP contribution < -0.4 is 16.2 Å². The molecule has 2 amide bonds. The first-order valence-corrected chi connectivity index (χ1v) is 11.8. The van der Waals surface area contributed by atoms with Crippen LogP contribution in [0.1, 0.15) is 31.2 Å². The second-order valence-corrected chi connectivity index (χ2v) is 8.80. The fraction of sp³-hybridized carbons (Fsp3) is 0.333. The minimum Gasteiger partial charge on any atom is -0.370 e. The summed E-state index contributed by atoms with van der Waals surface area (Å²) in [6.45, 7) is 1.16. The molecule has 0 saturated carbocycles. The minimum absolute atomic E-state index is 0.00960. The van der Waals surface area contributed by atoms with Crippen LogP contribution in [-0.4, -0.2) is 33.7 Å². The highest BCUT2D eigenvalue weighted by Gasteiger charge is 2.24. The van der Waals surface area contributed by atoms with Crippen LogP contribution in [0.5, 0.6) is 0 Å². The zero-order valence-corrected chi connectivity index (χ0v) is 18.6. The van der Waals surface area contributed by atoms with Gasteiger partial charge >= 0.3 is 0 Å². The summed E-state index contributed by atoms with van der Waals surface area (Å²) in [4.78, 5) is 43.5. The molecule has 3 aromatic rings. The van der Waals surface area contributed by atoms with Gasteiger partial charge in [0.1, 0.15) is 0 Å². The molecule has 1 aromatic heterocycles. The molecule has 4 rings (SSSR count). The van der Waals surface area contributed by atoms with Crippen molar-refractivity contribution in [2.45, 2.75) is 43.8 Å². The summed E-state index contributed by atoms with van der Waals surface area (Å²) in [7, 11) is 0. The number of aromatic nitrogens is 2. The summed E-state index contributed by atoms with van der Waals surface area (Å²) in [5.74, 6) is -0.0935. The summed E-state index contributed by atoms with van der Waals surface area (Å²) < 4.78 is 1.66. The minimum atomic E-state index is -0.312. The summed E-state index contributed by atoms with van der Waals surface area (Å²) in [5, 5.41) is 1.11. The number of hydrogen-bond donors (Lipinski definition) is 1. The van der Waals surface area contributed by atoms with Crippen LogP contribution in [0, 0.1) is 0 Å². The van der Waals surface area contributed by atoms with Gasteiger partial charge in [-0.25, -0.2) is 4.98 Å². The average Bonchev–Trinajstić information content (AvgIpc) is 3.23. The summed E-state index contributed by atoms with van der Waals surface area (Å²) in [5.41, 5.74) is 7.88. The molecule has 1 aliphatic heterocycles. The number of anilines is 1. The molecule has 0 bridgehead atoms. The third-order valence-electron chi connectivity index (χ3n) is 5.64. The van der Waals surface area contributed by atoms with E-state index in [9.17, 15) is 14.4 Å². The molecule has 2 aromatic carbocycles. The Labute approximate surface area is 190 Å². The molecule has 166 valence electrons. The van der Waals surface area contributed by atoms with Crippen LogP contribution in [0.2, 0.25) is 0 Å². The first-order chi connectivity index (χ1) is 15.5. The Hall–Kier alpha value is -3.13. The molecule has 0 unspecified atom stereocenters. The smallest absolute Gasteiger partial charge is 0.262 e. The Morgan fingerprint density at radius 1 is 1.03 bits per heavy atom. The number of amides is 2. The number of nitrogens with two attached hydrogens (primary N) is 1. The number of hydrogen-bond acceptors (Lipinski definition) is 5. The number of benzene rings is 2. The Morgan fingerprint density at radius 2 is 1.81 bits per heavy atom. The van der Waals surface area contributed by atoms with Crippen molar-refractivity contribution in [1.29, 1.82) is 0 Å². The molecular formula is C24H26N4O3S. The van der Waals surface area contributed by atoms with Gasteiger partial charge in [0.15, 0.2) is 5.16 Å². The van der Waals surface area contributed by atoms with Gasteiger partial charge < -0.3 is 10.6 Å². The Balaban J connectivity index is 1.51. The molecule has 2 heterocycles. The summed E-state index contributed by atoms with van der Waals surface area (Å²) >= 11 is 1.30. The number of thioether (sulfide) groups is 1. The molecule has 2 N–H and O–H groups in total. The van der Waals surface area contributed by atoms with Gasteiger partial charge in [0.25, 0.3) is 5.56 Å². The van der Waals surface area contributed by atoms with E-state index in [4.69, 9.17) is 5.73 Å². The van der Waals surface area contributed by atoms with Gasteiger partial charge in [-0.15, -0.1) is 0 Å². The molecule has 0 spiro atoms. The van der Waals surface area contributed by atoms with Gasteiger partial charge in [-0.05, 0) is 43.0 Å². The Morgan fingerprint density at radius 3 is 2.66 bits per heavy atom. The predicted molar refractivity (Wildman–Crippen MR) is 127 cm³/mol. The molecule has 0 radical (unpaired) electrons. The lowest BCUT2D eigenvalue weighted by Crippen LogP contribution is -2.31. The lowest BCUT2D eigenvalue weighted by Gasteiger charge is -2.18. The zero-order valence-electron chi connectivity index (χ0n) is 17.8. The Bertz CT molecular complexity index is 1210. The third kappa shape index (κ3) is 4.85. The van der Waals surface area contributed by atoms with E-state index < -0.39 is 0 Å². The van der Waals surface area contributed by atoms with Crippen LogP contribution in [0.4, 0.5) is 5.69 Å². The van der Waals surface area contributed by atoms with Crippen LogP contribution in [0.15, 0.2) is 58.5 Å². The SMILES string of the molecule is NC(=O)CCCCCn1c(SCC(=O)N2CCc3ccccc32)nc2ccccc2c1=O. The number of nitrogens with zero attached hydrogens (tertiary/aromatic N) is 3. The van der Waals surface area contributed by atoms with Crippen LogP contribution in [0.25, 0.3) is 10.9 Å². The van der Waals surface area contributed by atoms with E-state index in [-0.39, 0.29) is 23.1 Å². The van der Waals surface area contributed by atoms with Crippen LogP contribution in [0.3, 0.4) is 0 Å². The number of para-hydroxylation sites is 2. The van der Waals surface area contributed by atoms with E-state index in [0.29, 0.717) is 42.0 Å². The summed E-state index contributed by atoms with van der Waals surface area (Å²) in [6, 6.07) is 15.2. The van der Waals surface area contributed by atoms with Crippen molar-refractivity contribution in [2.24, 2.45) is 5.73 Å². The topological polar surface area (TPSA) is 98.3 Å². The highest BCUT2D eigenvalue weighted by molar-refractivity contribution is 7.99. The Kier molecular flexibility index (Phi) is 6.90. The van der Waals surface area contributed by atoms with E-state index >= 15 is 0 Å². The zero-order chi connectivity index (χ0) is 22.5. The van der Waals surface area contributed by atoms with Crippen molar-refractivity contribution in [1.82, 2.24) is 9.55 Å². The average molecular weight is 451 g/mol. The van der Waals surface area contributed by atoms with Gasteiger partial charge in [0.2, 0.25) is 11.8 Å². The fourth-order valence-corrected chi connectivity index (χ4v) is 4.90. The van der Waals surface area contributed by atoms with E-state index in [2.05, 4.69) is 11.1 Å². The maximum absolute atomic E-state index is 13.1. The second-order valence-electron chi connectivity index (χ2n) is 7.86. The van der Waals surface area contributed by atoms with Gasteiger partial charge in [0.05, 0.1) is 16.7 Å². The van der Waals surface area contributed by atoms with E-state index in [0.717, 1.165) is 24.9 Å². The van der Waals surface area contributed by atoms with Crippen molar-refractivity contribution < 1.29 is 9.59 Å². The predicted octanol–water partition coefficient (Wildman–Crippen LogP) is 3.12. The molecule has 0 fully saturated rings. The molecule has 0 saturated heterocycles. The largest absolute Gasteiger partial charge is 0.370 e. The van der Waals surface area contributed by atoms with Crippen LogP contribution >= 0.6 is 11.8 Å². The number of carbonyl (C=O) groups excluding carboxylic acids is 2. The first-order valence-electron chi connectivity index (χ1n) is 10.8. The lowest BCUT2D eigenvalue weighted by molar-refractivity contribution is -0.118. The molecule has 1 aliphatic rings. The number of carbonyl (C=O) groups is 2. The lowest BCUT2D eigenvalue weighted by atomic mass is 10.2. The fourth-order valence-electron chi connectivity index (χ4n) is 4.00. The normalized spacial score (nSPS) is 12.8. The highest BCUT2D eigenvalue weighted by Crippen LogP contribution is 2.29. The van der Waals surface area contributed by atoms with E-state index in [1.807, 2.05) is 41.3 Å². The van der Waals surface area contributed by atoms with Crippen molar-refractivity contribution in [3.63, 3.8) is 0 Å². The van der Waals surface area contributed by atoms with Crippen molar-refractivity contribution in [2.75, 3.05) is 17.2 Å². The van der Waals surface area contributed by atoms with Crippen LogP contribution in [-0.2, 0) is 22.6 Å². The molecule has 0 atom stereocenters. The van der Waals surface area contributed by atoms with Gasteiger partial charge in [-0.2, -0.15) is 0 Å². The van der Waals surface area contributed by atoms with Gasteiger partial charge in [0, 0.05) is 25.2 Å². The maximum atomic E-state index is 13.1. The monoisotopic (exact) mass is 450 g/mol. The van der Waals surface area contributed by atoms with Crippen molar-refractivity contribution >= 4 is 40.2 Å². The number of unbranched alkanes of at least 4 members (excludes halogenated alkanes) is 2. The third-order valence-corrected chi connectivity index (χ3v) is 6.61. The maximum Gasteiger partial charge on any atom is 0.262 e. The number of fused-ring (bicyclic) bond motifs is 2. The van der Waals surface area contributed by atoms with Crippen molar-refractivity contribution in [3.8, 4) is 0 Å². The number of rotatable bonds is 9. The van der Waals surface area contributed by atoms with Crippen molar-refractivity contribution in [3.05, 3.63) is 64.4 Å².